The molecule has 0 aliphatic carbocycles. The van der Waals surface area contributed by atoms with Crippen LogP contribution in [-0.2, 0) is 5.41 Å². The van der Waals surface area contributed by atoms with E-state index in [-0.39, 0.29) is 5.41 Å². The van der Waals surface area contributed by atoms with Crippen molar-refractivity contribution in [2.45, 2.75) is 58.8 Å². The molecule has 0 saturated heterocycles. The first-order chi connectivity index (χ1) is 8.45. The summed E-state index contributed by atoms with van der Waals surface area (Å²) >= 11 is 0. The van der Waals surface area contributed by atoms with Crippen LogP contribution >= 0.6 is 0 Å². The molecule has 1 atom stereocenters. The summed E-state index contributed by atoms with van der Waals surface area (Å²) in [7, 11) is 0. The average Bonchev–Trinajstić information content (AvgIpc) is 2.68. The van der Waals surface area contributed by atoms with Gasteiger partial charge in [0.2, 0.25) is 0 Å². The molecule has 0 amide bonds. The molecule has 0 saturated carbocycles. The second-order valence-corrected chi connectivity index (χ2v) is 6.25. The predicted octanol–water partition coefficient (Wildman–Crippen LogP) is 4.54. The summed E-state index contributed by atoms with van der Waals surface area (Å²) in [5, 5.41) is 0. The lowest BCUT2D eigenvalue weighted by molar-refractivity contribution is 0.568. The van der Waals surface area contributed by atoms with Crippen LogP contribution in [0, 0.1) is 0 Å². The SMILES string of the molecule is CCCC(C)c1c(C(C)(C)C)cn2cccnc12. The first kappa shape index (κ1) is 13.1. The summed E-state index contributed by atoms with van der Waals surface area (Å²) < 4.78 is 2.17. The van der Waals surface area contributed by atoms with Crippen molar-refractivity contribution in [2.75, 3.05) is 0 Å². The Morgan fingerprint density at radius 2 is 2.06 bits per heavy atom. The summed E-state index contributed by atoms with van der Waals surface area (Å²) in [5.74, 6) is 0.573. The van der Waals surface area contributed by atoms with E-state index in [1.807, 2.05) is 12.3 Å². The maximum Gasteiger partial charge on any atom is 0.140 e. The van der Waals surface area contributed by atoms with E-state index in [9.17, 15) is 0 Å². The van der Waals surface area contributed by atoms with Gasteiger partial charge < -0.3 is 4.40 Å². The van der Waals surface area contributed by atoms with Crippen molar-refractivity contribution in [2.24, 2.45) is 0 Å². The largest absolute Gasteiger partial charge is 0.308 e. The zero-order chi connectivity index (χ0) is 13.3. The minimum Gasteiger partial charge on any atom is -0.308 e. The molecule has 2 nitrogen and oxygen atoms in total. The number of fused-ring (bicyclic) bond motifs is 1. The normalized spacial score (nSPS) is 14.1. The van der Waals surface area contributed by atoms with Crippen LogP contribution in [0.5, 0.6) is 0 Å². The molecule has 2 rings (SSSR count). The van der Waals surface area contributed by atoms with E-state index < -0.39 is 0 Å². The maximum atomic E-state index is 4.58. The highest BCUT2D eigenvalue weighted by Gasteiger charge is 2.25. The Hall–Kier alpha value is -1.31. The van der Waals surface area contributed by atoms with E-state index in [1.165, 1.54) is 24.0 Å². The van der Waals surface area contributed by atoms with Gasteiger partial charge in [0, 0.05) is 24.2 Å². The van der Waals surface area contributed by atoms with Crippen molar-refractivity contribution in [3.05, 3.63) is 35.8 Å². The highest BCUT2D eigenvalue weighted by Crippen LogP contribution is 2.35. The van der Waals surface area contributed by atoms with E-state index >= 15 is 0 Å². The molecular weight excluding hydrogens is 220 g/mol. The summed E-state index contributed by atoms with van der Waals surface area (Å²) in [6.45, 7) is 11.4. The van der Waals surface area contributed by atoms with Crippen LogP contribution in [0.1, 0.15) is 64.5 Å². The van der Waals surface area contributed by atoms with Gasteiger partial charge in [-0.2, -0.15) is 0 Å². The van der Waals surface area contributed by atoms with E-state index in [1.54, 1.807) is 0 Å². The Morgan fingerprint density at radius 3 is 2.67 bits per heavy atom. The fraction of sp³-hybridized carbons (Fsp3) is 0.562. The van der Waals surface area contributed by atoms with Crippen LogP contribution in [-0.4, -0.2) is 9.38 Å². The third-order valence-electron chi connectivity index (χ3n) is 3.60. The molecule has 0 fully saturated rings. The lowest BCUT2D eigenvalue weighted by Crippen LogP contribution is -2.13. The van der Waals surface area contributed by atoms with Gasteiger partial charge >= 0.3 is 0 Å². The van der Waals surface area contributed by atoms with Crippen LogP contribution in [0.25, 0.3) is 5.65 Å². The van der Waals surface area contributed by atoms with Crippen molar-refractivity contribution < 1.29 is 0 Å². The fourth-order valence-electron chi connectivity index (χ4n) is 2.68. The summed E-state index contributed by atoms with van der Waals surface area (Å²) in [4.78, 5) is 4.58. The minimum absolute atomic E-state index is 0.172. The standard InChI is InChI=1S/C16H24N2/c1-6-8-12(2)14-13(16(3,4)5)11-18-10-7-9-17-15(14)18/h7,9-12H,6,8H2,1-5H3. The second kappa shape index (κ2) is 4.75. The molecular formula is C16H24N2. The smallest absolute Gasteiger partial charge is 0.140 e. The van der Waals surface area contributed by atoms with Gasteiger partial charge in [-0.3, -0.25) is 0 Å². The van der Waals surface area contributed by atoms with E-state index in [0.717, 1.165) is 5.65 Å². The van der Waals surface area contributed by atoms with Gasteiger partial charge in [-0.25, -0.2) is 4.98 Å². The summed E-state index contributed by atoms with van der Waals surface area (Å²) in [5.41, 5.74) is 4.17. The highest BCUT2D eigenvalue weighted by atomic mass is 15.0. The Bertz CT molecular complexity index is 532. The molecule has 98 valence electrons. The maximum absolute atomic E-state index is 4.58. The zero-order valence-electron chi connectivity index (χ0n) is 12.2. The summed E-state index contributed by atoms with van der Waals surface area (Å²) in [6, 6.07) is 1.99. The third kappa shape index (κ3) is 2.29. The van der Waals surface area contributed by atoms with Gasteiger partial charge in [-0.1, -0.05) is 41.0 Å². The number of hydrogen-bond donors (Lipinski definition) is 0. The van der Waals surface area contributed by atoms with Crippen LogP contribution in [0.3, 0.4) is 0 Å². The molecule has 2 aromatic heterocycles. The van der Waals surface area contributed by atoms with Crippen molar-refractivity contribution in [3.63, 3.8) is 0 Å². The Balaban J connectivity index is 2.65. The monoisotopic (exact) mass is 244 g/mol. The molecule has 1 unspecified atom stereocenters. The topological polar surface area (TPSA) is 17.3 Å². The van der Waals surface area contributed by atoms with Gasteiger partial charge in [-0.05, 0) is 29.4 Å². The van der Waals surface area contributed by atoms with Crippen molar-refractivity contribution in [1.82, 2.24) is 9.38 Å². The molecule has 2 aromatic rings. The number of nitrogens with zero attached hydrogens (tertiary/aromatic N) is 2. The minimum atomic E-state index is 0.172. The second-order valence-electron chi connectivity index (χ2n) is 6.25. The first-order valence-electron chi connectivity index (χ1n) is 6.91. The van der Waals surface area contributed by atoms with Gasteiger partial charge in [-0.15, -0.1) is 0 Å². The van der Waals surface area contributed by atoms with Crippen LogP contribution in [0.15, 0.2) is 24.7 Å². The lowest BCUT2D eigenvalue weighted by Gasteiger charge is -2.22. The highest BCUT2D eigenvalue weighted by molar-refractivity contribution is 5.57. The number of hydrogen-bond acceptors (Lipinski definition) is 1. The summed E-state index contributed by atoms with van der Waals surface area (Å²) in [6.07, 6.45) is 8.68. The third-order valence-corrected chi connectivity index (χ3v) is 3.60. The molecule has 0 aromatic carbocycles. The fourth-order valence-corrected chi connectivity index (χ4v) is 2.68. The van der Waals surface area contributed by atoms with Crippen molar-refractivity contribution in [1.29, 1.82) is 0 Å². The molecule has 0 aliphatic rings. The van der Waals surface area contributed by atoms with E-state index in [4.69, 9.17) is 0 Å². The Morgan fingerprint density at radius 1 is 1.33 bits per heavy atom. The van der Waals surface area contributed by atoms with Gasteiger partial charge in [0.1, 0.15) is 5.65 Å². The number of rotatable bonds is 3. The molecule has 0 radical (unpaired) electrons. The van der Waals surface area contributed by atoms with E-state index in [0.29, 0.717) is 5.92 Å². The molecule has 18 heavy (non-hydrogen) atoms. The van der Waals surface area contributed by atoms with Crippen molar-refractivity contribution >= 4 is 5.65 Å². The van der Waals surface area contributed by atoms with Crippen molar-refractivity contribution in [3.8, 4) is 0 Å². The Labute approximate surface area is 110 Å². The Kier molecular flexibility index (Phi) is 3.47. The van der Waals surface area contributed by atoms with Crippen LogP contribution < -0.4 is 0 Å². The quantitative estimate of drug-likeness (QED) is 0.775. The average molecular weight is 244 g/mol. The zero-order valence-corrected chi connectivity index (χ0v) is 12.2. The molecule has 0 N–H and O–H groups in total. The van der Waals surface area contributed by atoms with Gasteiger partial charge in [0.25, 0.3) is 0 Å². The molecule has 0 spiro atoms. The van der Waals surface area contributed by atoms with Crippen LogP contribution in [0.2, 0.25) is 0 Å². The molecule has 0 bridgehead atoms. The first-order valence-corrected chi connectivity index (χ1v) is 6.91. The molecule has 2 heterocycles. The van der Waals surface area contributed by atoms with Crippen LogP contribution in [0.4, 0.5) is 0 Å². The van der Waals surface area contributed by atoms with Gasteiger partial charge in [0.05, 0.1) is 0 Å². The molecule has 0 aliphatic heterocycles. The lowest BCUT2D eigenvalue weighted by atomic mass is 9.82. The number of aromatic nitrogens is 2. The van der Waals surface area contributed by atoms with E-state index in [2.05, 4.69) is 56.4 Å². The van der Waals surface area contributed by atoms with Gasteiger partial charge in [0.15, 0.2) is 0 Å². The predicted molar refractivity (Wildman–Crippen MR) is 77.2 cm³/mol. The molecule has 2 heteroatoms.